The lowest BCUT2D eigenvalue weighted by Crippen LogP contribution is -2.26. The summed E-state index contributed by atoms with van der Waals surface area (Å²) in [6.07, 6.45) is 2.60. The Hall–Kier alpha value is -6.98. The van der Waals surface area contributed by atoms with Crippen LogP contribution < -0.4 is 31.6 Å². The van der Waals surface area contributed by atoms with Gasteiger partial charge in [0.05, 0.1) is 28.5 Å². The van der Waals surface area contributed by atoms with Gasteiger partial charge in [-0.3, -0.25) is 39.2 Å². The van der Waals surface area contributed by atoms with E-state index < -0.39 is 23.6 Å². The van der Waals surface area contributed by atoms with E-state index in [9.17, 15) is 19.2 Å². The molecule has 5 heterocycles. The normalized spacial score (nSPS) is 13.5. The first-order valence-corrected chi connectivity index (χ1v) is 18.2. The van der Waals surface area contributed by atoms with E-state index in [0.717, 1.165) is 0 Å². The number of nitrogens with one attached hydrogen (secondary N) is 2. The van der Waals surface area contributed by atoms with Crippen molar-refractivity contribution in [3.05, 3.63) is 83.0 Å². The van der Waals surface area contributed by atoms with Crippen LogP contribution in [0.3, 0.4) is 0 Å². The number of hydrogen-bond acceptors (Lipinski definition) is 10. The van der Waals surface area contributed by atoms with E-state index in [0.29, 0.717) is 88.8 Å². The number of primary amides is 2. The van der Waals surface area contributed by atoms with Crippen molar-refractivity contribution < 1.29 is 28.7 Å². The van der Waals surface area contributed by atoms with Gasteiger partial charge in [-0.15, -0.1) is 0 Å². The van der Waals surface area contributed by atoms with Gasteiger partial charge in [0.2, 0.25) is 23.7 Å². The Morgan fingerprint density at radius 1 is 0.857 bits per heavy atom. The van der Waals surface area contributed by atoms with Gasteiger partial charge in [-0.05, 0) is 76.9 Å². The number of amides is 4. The minimum atomic E-state index is -0.665. The molecule has 4 amide bonds. The molecule has 0 unspecified atom stereocenters. The van der Waals surface area contributed by atoms with Crippen molar-refractivity contribution in [1.82, 2.24) is 38.7 Å². The van der Waals surface area contributed by atoms with Crippen LogP contribution in [0.15, 0.2) is 49.1 Å². The van der Waals surface area contributed by atoms with Gasteiger partial charge in [-0.25, -0.2) is 9.97 Å². The molecule has 1 aliphatic rings. The Kier molecular flexibility index (Phi) is 10.0. The summed E-state index contributed by atoms with van der Waals surface area (Å²) >= 11 is 0. The predicted molar refractivity (Wildman–Crippen MR) is 207 cm³/mol. The highest BCUT2D eigenvalue weighted by Crippen LogP contribution is 2.39. The first-order chi connectivity index (χ1) is 26.9. The molecule has 0 saturated heterocycles. The molecule has 0 bridgehead atoms. The monoisotopic (exact) mass is 762 g/mol. The molecule has 6 N–H and O–H groups in total. The number of anilines is 2. The maximum atomic E-state index is 13.7. The number of nitrogens with two attached hydrogens (primary N) is 2. The van der Waals surface area contributed by atoms with E-state index in [1.807, 2.05) is 36.8 Å². The molecule has 0 spiro atoms. The first-order valence-electron chi connectivity index (χ1n) is 18.2. The molecule has 4 aromatic heterocycles. The van der Waals surface area contributed by atoms with E-state index in [4.69, 9.17) is 30.9 Å². The minimum Gasteiger partial charge on any atom is -0.489 e. The Morgan fingerprint density at radius 2 is 1.43 bits per heavy atom. The molecule has 2 aromatic carbocycles. The summed E-state index contributed by atoms with van der Waals surface area (Å²) in [6.45, 7) is 12.8. The van der Waals surface area contributed by atoms with Gasteiger partial charge in [0, 0.05) is 30.8 Å². The number of rotatable bonds is 15. The Bertz CT molecular complexity index is 2560. The number of imidazole rings is 2. The Balaban J connectivity index is 1.25. The van der Waals surface area contributed by atoms with Crippen molar-refractivity contribution in [1.29, 1.82) is 0 Å². The topological polar surface area (TPSA) is 234 Å². The van der Waals surface area contributed by atoms with E-state index >= 15 is 0 Å². The third-order valence-corrected chi connectivity index (χ3v) is 9.52. The van der Waals surface area contributed by atoms with Crippen LogP contribution in [-0.2, 0) is 19.6 Å². The van der Waals surface area contributed by atoms with Gasteiger partial charge in [-0.1, -0.05) is 12.7 Å². The van der Waals surface area contributed by atoms with Crippen molar-refractivity contribution in [2.75, 3.05) is 23.8 Å². The summed E-state index contributed by atoms with van der Waals surface area (Å²) in [5, 5.41) is 14.7. The molecule has 56 heavy (non-hydrogen) atoms. The zero-order valence-corrected chi connectivity index (χ0v) is 31.5. The highest BCUT2D eigenvalue weighted by atomic mass is 16.5. The number of carbonyl (C=O) groups is 4. The fourth-order valence-corrected chi connectivity index (χ4v) is 7.06. The van der Waals surface area contributed by atoms with Crippen molar-refractivity contribution >= 4 is 57.6 Å². The maximum Gasteiger partial charge on any atom is 0.276 e. The summed E-state index contributed by atoms with van der Waals surface area (Å²) in [5.41, 5.74) is 15.8. The number of aromatic nitrogens is 8. The summed E-state index contributed by atoms with van der Waals surface area (Å²) in [7, 11) is 0. The summed E-state index contributed by atoms with van der Waals surface area (Å²) in [4.78, 5) is 61.3. The number of fused-ring (bicyclic) bond motifs is 1. The second kappa shape index (κ2) is 15.0. The number of aryl methyl sites for hydroxylation is 5. The predicted octanol–water partition coefficient (Wildman–Crippen LogP) is 4.12. The van der Waals surface area contributed by atoms with Crippen molar-refractivity contribution in [3.8, 4) is 11.5 Å². The number of carbonyl (C=O) groups excluding carboxylic acids is 4. The van der Waals surface area contributed by atoms with Crippen LogP contribution >= 0.6 is 0 Å². The number of nitrogens with zero attached hydrogens (tertiary/aromatic N) is 8. The SMILES string of the molecule is C=CCOc1cc(C(N)=O)cc2nc(NC(=O)c3cc(C)nn3CC)n(CCC[C@H]3COc4cc(C(N)=O)cc5nc(NC(=O)c6cc(C)nn6CC)n3c45)c12. The Labute approximate surface area is 320 Å². The van der Waals surface area contributed by atoms with Gasteiger partial charge < -0.3 is 30.1 Å². The second-order valence-corrected chi connectivity index (χ2v) is 13.4. The van der Waals surface area contributed by atoms with Gasteiger partial charge in [0.25, 0.3) is 11.8 Å². The average Bonchev–Trinajstić information content (AvgIpc) is 3.94. The average molecular weight is 763 g/mol. The van der Waals surface area contributed by atoms with Crippen LogP contribution in [0.5, 0.6) is 11.5 Å². The number of hydrogen-bond donors (Lipinski definition) is 4. The number of benzene rings is 2. The van der Waals surface area contributed by atoms with Crippen molar-refractivity contribution in [3.63, 3.8) is 0 Å². The third kappa shape index (κ3) is 6.91. The molecule has 0 aliphatic carbocycles. The van der Waals surface area contributed by atoms with Gasteiger partial charge in [-0.2, -0.15) is 10.2 Å². The van der Waals surface area contributed by atoms with Crippen LogP contribution in [0.2, 0.25) is 0 Å². The molecule has 18 nitrogen and oxygen atoms in total. The fraction of sp³-hybridized carbons (Fsp3) is 0.316. The van der Waals surface area contributed by atoms with Crippen LogP contribution in [0, 0.1) is 13.8 Å². The standard InChI is InChI=1S/C38H42N12O6/c1-6-12-55-29-17-22(33(39)51)15-25-31(29)47(37(41-25)43-35(53)27-13-20(4)45-48(27)7-2)11-9-10-24-19-56-30-18-23(34(40)52)16-26-32(30)50(24)38(42-26)44-36(54)28-14-21(5)46-49(28)8-3/h6,13-18,24H,1,7-12,19H2,2-5H3,(H2,39,51)(H2,40,52)(H,41,43,53)(H,42,44,54)/t24-/m0/s1. The molecular weight excluding hydrogens is 720 g/mol. The second-order valence-electron chi connectivity index (χ2n) is 13.4. The lowest BCUT2D eigenvalue weighted by molar-refractivity contribution is 0.0991. The zero-order valence-electron chi connectivity index (χ0n) is 31.5. The Morgan fingerprint density at radius 3 is 2.02 bits per heavy atom. The summed E-state index contributed by atoms with van der Waals surface area (Å²) in [5.74, 6) is -0.873. The molecule has 0 radical (unpaired) electrons. The van der Waals surface area contributed by atoms with Crippen molar-refractivity contribution in [2.45, 2.75) is 66.2 Å². The van der Waals surface area contributed by atoms with Crippen LogP contribution in [0.25, 0.3) is 22.1 Å². The van der Waals surface area contributed by atoms with E-state index in [2.05, 4.69) is 27.4 Å². The minimum absolute atomic E-state index is 0.138. The molecule has 18 heteroatoms. The summed E-state index contributed by atoms with van der Waals surface area (Å²) < 4.78 is 19.2. The van der Waals surface area contributed by atoms with Crippen molar-refractivity contribution in [2.24, 2.45) is 11.5 Å². The smallest absolute Gasteiger partial charge is 0.276 e. The maximum absolute atomic E-state index is 13.7. The van der Waals surface area contributed by atoms with E-state index in [-0.39, 0.29) is 42.3 Å². The summed E-state index contributed by atoms with van der Waals surface area (Å²) in [6, 6.07) is 9.32. The lowest BCUT2D eigenvalue weighted by atomic mass is 10.1. The molecule has 1 atom stereocenters. The molecule has 1 aliphatic heterocycles. The largest absolute Gasteiger partial charge is 0.489 e. The molecule has 0 saturated carbocycles. The highest BCUT2D eigenvalue weighted by Gasteiger charge is 2.30. The van der Waals surface area contributed by atoms with Crippen LogP contribution in [0.1, 0.15) is 85.8 Å². The third-order valence-electron chi connectivity index (χ3n) is 9.52. The lowest BCUT2D eigenvalue weighted by Gasteiger charge is -2.27. The molecule has 6 aromatic rings. The highest BCUT2D eigenvalue weighted by molar-refractivity contribution is 6.05. The van der Waals surface area contributed by atoms with Gasteiger partial charge in [0.15, 0.2) is 0 Å². The van der Waals surface area contributed by atoms with E-state index in [1.165, 1.54) is 0 Å². The molecule has 290 valence electrons. The quantitative estimate of drug-likeness (QED) is 0.109. The van der Waals surface area contributed by atoms with Gasteiger partial charge >= 0.3 is 0 Å². The molecule has 0 fully saturated rings. The van der Waals surface area contributed by atoms with E-state index in [1.54, 1.807) is 51.8 Å². The van der Waals surface area contributed by atoms with Crippen LogP contribution in [-0.4, -0.2) is 75.5 Å². The molecular formula is C38H42N12O6. The van der Waals surface area contributed by atoms with Crippen LogP contribution in [0.4, 0.5) is 11.9 Å². The number of ether oxygens (including phenoxy) is 2. The first kappa shape index (κ1) is 37.3. The zero-order chi connectivity index (χ0) is 39.8. The molecule has 7 rings (SSSR count). The fourth-order valence-electron chi connectivity index (χ4n) is 7.06. The van der Waals surface area contributed by atoms with Gasteiger partial charge in [0.1, 0.15) is 47.1 Å².